The Kier molecular flexibility index (Phi) is 8.53. The molecule has 0 aromatic rings. The standard InChI is InChI=1S/C18H35N3O3/c1-6-18(7-2,9-10-22)13-20-17(19-8-3)21-11-14(4)15(12-21)16(23)24-5/h14-15,22H,6-13H2,1-5H3,(H,19,20). The van der Waals surface area contributed by atoms with E-state index in [1.807, 2.05) is 6.92 Å². The lowest BCUT2D eigenvalue weighted by Crippen LogP contribution is -2.41. The first kappa shape index (κ1) is 20.7. The highest BCUT2D eigenvalue weighted by Crippen LogP contribution is 2.31. The smallest absolute Gasteiger partial charge is 0.310 e. The minimum Gasteiger partial charge on any atom is -0.469 e. The van der Waals surface area contributed by atoms with Gasteiger partial charge >= 0.3 is 5.97 Å². The van der Waals surface area contributed by atoms with Crippen LogP contribution in [0.15, 0.2) is 4.99 Å². The molecule has 0 bridgehead atoms. The van der Waals surface area contributed by atoms with Crippen molar-refractivity contribution in [3.05, 3.63) is 0 Å². The largest absolute Gasteiger partial charge is 0.469 e. The van der Waals surface area contributed by atoms with Crippen molar-refractivity contribution in [3.63, 3.8) is 0 Å². The quantitative estimate of drug-likeness (QED) is 0.401. The van der Waals surface area contributed by atoms with E-state index in [1.165, 1.54) is 7.11 Å². The first-order chi connectivity index (χ1) is 11.5. The first-order valence-corrected chi connectivity index (χ1v) is 9.18. The maximum Gasteiger partial charge on any atom is 0.310 e. The van der Waals surface area contributed by atoms with Crippen molar-refractivity contribution in [2.75, 3.05) is 39.9 Å². The third-order valence-electron chi connectivity index (χ3n) is 5.46. The van der Waals surface area contributed by atoms with E-state index >= 15 is 0 Å². The number of rotatable bonds is 8. The van der Waals surface area contributed by atoms with Crippen LogP contribution in [0.25, 0.3) is 0 Å². The summed E-state index contributed by atoms with van der Waals surface area (Å²) in [6, 6.07) is 0. The summed E-state index contributed by atoms with van der Waals surface area (Å²) >= 11 is 0. The van der Waals surface area contributed by atoms with Crippen LogP contribution in [0, 0.1) is 17.3 Å². The number of aliphatic imine (C=N–C) groups is 1. The SMILES string of the molecule is CCNC(=NCC(CC)(CC)CCO)N1CC(C)C(C(=O)OC)C1. The molecule has 0 aliphatic carbocycles. The van der Waals surface area contributed by atoms with Gasteiger partial charge in [-0.3, -0.25) is 9.79 Å². The fraction of sp³-hybridized carbons (Fsp3) is 0.889. The highest BCUT2D eigenvalue weighted by atomic mass is 16.5. The molecule has 24 heavy (non-hydrogen) atoms. The van der Waals surface area contributed by atoms with Crippen molar-refractivity contribution in [3.8, 4) is 0 Å². The van der Waals surface area contributed by atoms with Crippen LogP contribution >= 0.6 is 0 Å². The van der Waals surface area contributed by atoms with E-state index in [0.29, 0.717) is 13.1 Å². The molecule has 0 spiro atoms. The topological polar surface area (TPSA) is 74.2 Å². The Bertz CT molecular complexity index is 422. The Morgan fingerprint density at radius 2 is 2.00 bits per heavy atom. The number of esters is 1. The number of nitrogens with zero attached hydrogens (tertiary/aromatic N) is 2. The molecule has 1 aliphatic heterocycles. The normalized spacial score (nSPS) is 21.9. The third-order valence-corrected chi connectivity index (χ3v) is 5.46. The lowest BCUT2D eigenvalue weighted by Gasteiger charge is -2.30. The Morgan fingerprint density at radius 1 is 1.33 bits per heavy atom. The van der Waals surface area contributed by atoms with Gasteiger partial charge < -0.3 is 20.1 Å². The molecular weight excluding hydrogens is 306 g/mol. The van der Waals surface area contributed by atoms with Crippen molar-refractivity contribution in [1.29, 1.82) is 0 Å². The zero-order valence-electron chi connectivity index (χ0n) is 16.0. The van der Waals surface area contributed by atoms with Gasteiger partial charge in [0.15, 0.2) is 5.96 Å². The van der Waals surface area contributed by atoms with E-state index in [-0.39, 0.29) is 29.8 Å². The number of carbonyl (C=O) groups excluding carboxylic acids is 1. The number of likely N-dealkylation sites (tertiary alicyclic amines) is 1. The number of guanidine groups is 1. The average molecular weight is 341 g/mol. The maximum atomic E-state index is 11.9. The molecule has 1 aliphatic rings. The molecule has 0 amide bonds. The van der Waals surface area contributed by atoms with E-state index in [9.17, 15) is 9.90 Å². The molecule has 0 aromatic carbocycles. The third kappa shape index (κ3) is 5.10. The molecule has 6 heteroatoms. The van der Waals surface area contributed by atoms with Crippen LogP contribution in [0.3, 0.4) is 0 Å². The van der Waals surface area contributed by atoms with Gasteiger partial charge in [-0.2, -0.15) is 0 Å². The zero-order valence-corrected chi connectivity index (χ0v) is 16.0. The van der Waals surface area contributed by atoms with E-state index in [4.69, 9.17) is 9.73 Å². The van der Waals surface area contributed by atoms with Crippen molar-refractivity contribution in [2.45, 2.75) is 47.0 Å². The van der Waals surface area contributed by atoms with Crippen LogP contribution in [-0.2, 0) is 9.53 Å². The number of nitrogens with one attached hydrogen (secondary N) is 1. The van der Waals surface area contributed by atoms with E-state index in [1.54, 1.807) is 0 Å². The molecule has 2 N–H and O–H groups in total. The van der Waals surface area contributed by atoms with Crippen molar-refractivity contribution < 1.29 is 14.6 Å². The van der Waals surface area contributed by atoms with Gasteiger partial charge in [0.1, 0.15) is 0 Å². The predicted molar refractivity (Wildman–Crippen MR) is 96.9 cm³/mol. The molecule has 0 aromatic heterocycles. The molecule has 140 valence electrons. The van der Waals surface area contributed by atoms with Crippen LogP contribution in [0.1, 0.15) is 47.0 Å². The van der Waals surface area contributed by atoms with Crippen LogP contribution < -0.4 is 5.32 Å². The lowest BCUT2D eigenvalue weighted by atomic mass is 9.79. The summed E-state index contributed by atoms with van der Waals surface area (Å²) in [6.45, 7) is 11.6. The van der Waals surface area contributed by atoms with Gasteiger partial charge in [-0.25, -0.2) is 0 Å². The monoisotopic (exact) mass is 341 g/mol. The molecule has 1 rings (SSSR count). The van der Waals surface area contributed by atoms with Gasteiger partial charge in [0, 0.05) is 32.8 Å². The Labute approximate surface area is 146 Å². The van der Waals surface area contributed by atoms with Crippen molar-refractivity contribution in [2.24, 2.45) is 22.2 Å². The number of ether oxygens (including phenoxy) is 1. The van der Waals surface area contributed by atoms with Crippen molar-refractivity contribution >= 4 is 11.9 Å². The van der Waals surface area contributed by atoms with Crippen molar-refractivity contribution in [1.82, 2.24) is 10.2 Å². The predicted octanol–water partition coefficient (Wildman–Crippen LogP) is 1.88. The van der Waals surface area contributed by atoms with E-state index in [2.05, 4.69) is 31.0 Å². The summed E-state index contributed by atoms with van der Waals surface area (Å²) < 4.78 is 4.92. The highest BCUT2D eigenvalue weighted by Gasteiger charge is 2.37. The Hall–Kier alpha value is -1.30. The number of aliphatic hydroxyl groups is 1. The molecular formula is C18H35N3O3. The summed E-state index contributed by atoms with van der Waals surface area (Å²) in [5, 5.41) is 12.7. The first-order valence-electron chi connectivity index (χ1n) is 9.18. The fourth-order valence-corrected chi connectivity index (χ4v) is 3.41. The van der Waals surface area contributed by atoms with Crippen LogP contribution in [0.4, 0.5) is 0 Å². The number of aliphatic hydroxyl groups excluding tert-OH is 1. The molecule has 6 nitrogen and oxygen atoms in total. The van der Waals surface area contributed by atoms with Gasteiger partial charge in [0.25, 0.3) is 0 Å². The van der Waals surface area contributed by atoms with Crippen LogP contribution in [0.2, 0.25) is 0 Å². The second-order valence-corrected chi connectivity index (χ2v) is 6.86. The lowest BCUT2D eigenvalue weighted by molar-refractivity contribution is -0.145. The molecule has 1 saturated heterocycles. The Morgan fingerprint density at radius 3 is 2.50 bits per heavy atom. The minimum atomic E-state index is -0.141. The fourth-order valence-electron chi connectivity index (χ4n) is 3.41. The zero-order chi connectivity index (χ0) is 18.2. The summed E-state index contributed by atoms with van der Waals surface area (Å²) in [5.74, 6) is 0.872. The van der Waals surface area contributed by atoms with E-state index in [0.717, 1.165) is 38.3 Å². The van der Waals surface area contributed by atoms with Gasteiger partial charge in [-0.05, 0) is 37.5 Å². The molecule has 1 heterocycles. The van der Waals surface area contributed by atoms with Gasteiger partial charge in [0.05, 0.1) is 13.0 Å². The number of hydrogen-bond acceptors (Lipinski definition) is 4. The number of carbonyl (C=O) groups is 1. The highest BCUT2D eigenvalue weighted by molar-refractivity contribution is 5.82. The Balaban J connectivity index is 2.88. The molecule has 2 atom stereocenters. The minimum absolute atomic E-state index is 0.0442. The summed E-state index contributed by atoms with van der Waals surface area (Å²) in [6.07, 6.45) is 2.76. The number of hydrogen-bond donors (Lipinski definition) is 2. The van der Waals surface area contributed by atoms with Crippen LogP contribution in [0.5, 0.6) is 0 Å². The van der Waals surface area contributed by atoms with Gasteiger partial charge in [-0.1, -0.05) is 20.8 Å². The van der Waals surface area contributed by atoms with Gasteiger partial charge in [-0.15, -0.1) is 0 Å². The maximum absolute atomic E-state index is 11.9. The molecule has 1 fully saturated rings. The van der Waals surface area contributed by atoms with Crippen LogP contribution in [-0.4, -0.2) is 61.8 Å². The summed E-state index contributed by atoms with van der Waals surface area (Å²) in [5.41, 5.74) is 0.0442. The van der Waals surface area contributed by atoms with E-state index < -0.39 is 0 Å². The second-order valence-electron chi connectivity index (χ2n) is 6.86. The second kappa shape index (κ2) is 9.87. The number of methoxy groups -OCH3 is 1. The molecule has 2 unspecified atom stereocenters. The molecule has 0 radical (unpaired) electrons. The summed E-state index contributed by atoms with van der Waals surface area (Å²) in [7, 11) is 1.45. The summed E-state index contributed by atoms with van der Waals surface area (Å²) in [4.78, 5) is 18.9. The molecule has 0 saturated carbocycles. The van der Waals surface area contributed by atoms with Gasteiger partial charge in [0.2, 0.25) is 0 Å². The average Bonchev–Trinajstić information content (AvgIpc) is 2.98.